The summed E-state index contributed by atoms with van der Waals surface area (Å²) in [5.74, 6) is -0.0111. The first-order chi connectivity index (χ1) is 12.9. The van der Waals surface area contributed by atoms with Crippen molar-refractivity contribution in [3.05, 3.63) is 59.1 Å². The average molecular weight is 426 g/mol. The third-order valence-electron chi connectivity index (χ3n) is 3.93. The van der Waals surface area contributed by atoms with E-state index in [4.69, 9.17) is 22.1 Å². The van der Waals surface area contributed by atoms with Gasteiger partial charge in [-0.05, 0) is 36.2 Å². The average Bonchev–Trinajstić information content (AvgIpc) is 2.66. The van der Waals surface area contributed by atoms with Crippen LogP contribution in [0.25, 0.3) is 0 Å². The molecule has 0 spiro atoms. The molecule has 0 aromatic heterocycles. The molecule has 0 heterocycles. The fraction of sp³-hybridized carbons (Fsp3) is 0.300. The van der Waals surface area contributed by atoms with E-state index in [0.717, 1.165) is 5.56 Å². The van der Waals surface area contributed by atoms with Gasteiger partial charge in [0, 0.05) is 16.3 Å². The Hall–Kier alpha value is -2.28. The Labute approximate surface area is 176 Å². The van der Waals surface area contributed by atoms with Crippen LogP contribution in [0.3, 0.4) is 0 Å². The molecule has 0 aliphatic carbocycles. The van der Waals surface area contributed by atoms with Crippen molar-refractivity contribution in [2.24, 2.45) is 11.7 Å². The molecule has 0 aliphatic heterocycles. The van der Waals surface area contributed by atoms with Crippen LogP contribution < -0.4 is 21.1 Å². The van der Waals surface area contributed by atoms with Crippen molar-refractivity contribution in [3.63, 3.8) is 0 Å². The van der Waals surface area contributed by atoms with Crippen LogP contribution in [0.4, 0.5) is 5.69 Å². The van der Waals surface area contributed by atoms with Gasteiger partial charge >= 0.3 is 0 Å². The van der Waals surface area contributed by atoms with Gasteiger partial charge < -0.3 is 21.1 Å². The minimum Gasteiger partial charge on any atom is -0.489 e. The largest absolute Gasteiger partial charge is 0.489 e. The van der Waals surface area contributed by atoms with E-state index in [1.165, 1.54) is 0 Å². The molecule has 28 heavy (non-hydrogen) atoms. The zero-order valence-electron chi connectivity index (χ0n) is 15.8. The summed E-state index contributed by atoms with van der Waals surface area (Å²) in [6.07, 6.45) is 0. The van der Waals surface area contributed by atoms with Crippen LogP contribution in [0.15, 0.2) is 48.5 Å². The second-order valence-corrected chi connectivity index (χ2v) is 6.85. The predicted molar refractivity (Wildman–Crippen MR) is 114 cm³/mol. The molecule has 0 aliphatic rings. The first-order valence-electron chi connectivity index (χ1n) is 8.66. The Kier molecular flexibility index (Phi) is 9.79. The number of hydrogen-bond donors (Lipinski definition) is 3. The van der Waals surface area contributed by atoms with Crippen LogP contribution in [-0.4, -0.2) is 24.4 Å². The number of nitrogens with one attached hydrogen (secondary N) is 2. The monoisotopic (exact) mass is 425 g/mol. The molecule has 0 saturated heterocycles. The lowest BCUT2D eigenvalue weighted by Gasteiger charge is -2.15. The first-order valence-corrected chi connectivity index (χ1v) is 9.04. The summed E-state index contributed by atoms with van der Waals surface area (Å²) < 4.78 is 5.69. The number of carbonyl (C=O) groups is 2. The number of amides is 2. The molecule has 4 N–H and O–H groups in total. The molecule has 2 aromatic rings. The number of benzene rings is 2. The molecule has 0 saturated carbocycles. The van der Waals surface area contributed by atoms with E-state index in [1.807, 2.05) is 38.1 Å². The first kappa shape index (κ1) is 23.8. The molecule has 0 fully saturated rings. The number of anilines is 1. The lowest BCUT2D eigenvalue weighted by atomic mass is 10.1. The maximum Gasteiger partial charge on any atom is 0.243 e. The summed E-state index contributed by atoms with van der Waals surface area (Å²) >= 11 is 6.10. The van der Waals surface area contributed by atoms with E-state index in [-0.39, 0.29) is 36.7 Å². The molecule has 152 valence electrons. The van der Waals surface area contributed by atoms with E-state index < -0.39 is 6.04 Å². The lowest BCUT2D eigenvalue weighted by molar-refractivity contribution is -0.125. The molecule has 6 nitrogen and oxygen atoms in total. The number of carbonyl (C=O) groups excluding carboxylic acids is 2. The van der Waals surface area contributed by atoms with Gasteiger partial charge in [-0.2, -0.15) is 0 Å². The molecule has 2 aromatic carbocycles. The maximum absolute atomic E-state index is 11.9. The van der Waals surface area contributed by atoms with Gasteiger partial charge in [-0.3, -0.25) is 9.59 Å². The van der Waals surface area contributed by atoms with Crippen molar-refractivity contribution >= 4 is 41.5 Å². The Balaban J connectivity index is 0.00000392. The van der Waals surface area contributed by atoms with Gasteiger partial charge in [-0.15, -0.1) is 12.4 Å². The third-order valence-corrected chi connectivity index (χ3v) is 4.30. The molecule has 2 amide bonds. The molecule has 0 radical (unpaired) electrons. The van der Waals surface area contributed by atoms with Crippen molar-refractivity contribution in [1.82, 2.24) is 5.32 Å². The van der Waals surface area contributed by atoms with E-state index in [1.54, 1.807) is 24.3 Å². The lowest BCUT2D eigenvalue weighted by Crippen LogP contribution is -2.46. The van der Waals surface area contributed by atoms with E-state index in [0.29, 0.717) is 23.1 Å². The molecule has 1 atom stereocenters. The summed E-state index contributed by atoms with van der Waals surface area (Å²) in [4.78, 5) is 23.7. The van der Waals surface area contributed by atoms with Crippen LogP contribution in [-0.2, 0) is 16.2 Å². The molecule has 0 unspecified atom stereocenters. The Bertz CT molecular complexity index is 783. The van der Waals surface area contributed by atoms with Gasteiger partial charge in [-0.25, -0.2) is 0 Å². The van der Waals surface area contributed by atoms with Gasteiger partial charge in [0.2, 0.25) is 11.8 Å². The highest BCUT2D eigenvalue weighted by Crippen LogP contribution is 2.20. The van der Waals surface area contributed by atoms with Gasteiger partial charge in [0.05, 0.1) is 12.6 Å². The highest BCUT2D eigenvalue weighted by Gasteiger charge is 2.17. The molecule has 2 rings (SSSR count). The number of nitrogens with two attached hydrogens (primary N) is 1. The third kappa shape index (κ3) is 7.38. The van der Waals surface area contributed by atoms with Crippen molar-refractivity contribution < 1.29 is 14.3 Å². The maximum atomic E-state index is 11.9. The van der Waals surface area contributed by atoms with Crippen molar-refractivity contribution in [3.8, 4) is 5.75 Å². The van der Waals surface area contributed by atoms with Crippen molar-refractivity contribution in [2.75, 3.05) is 11.9 Å². The van der Waals surface area contributed by atoms with Gasteiger partial charge in [-0.1, -0.05) is 43.6 Å². The SMILES string of the molecule is CC(C)[C@H](N)C(=O)NCC(=O)Nc1ccc(OCc2ccccc2Cl)cc1.Cl. The van der Waals surface area contributed by atoms with Gasteiger partial charge in [0.15, 0.2) is 0 Å². The van der Waals surface area contributed by atoms with Crippen LogP contribution in [0.1, 0.15) is 19.4 Å². The minimum absolute atomic E-state index is 0. The zero-order valence-corrected chi connectivity index (χ0v) is 17.3. The van der Waals surface area contributed by atoms with E-state index in [2.05, 4.69) is 10.6 Å². The fourth-order valence-corrected chi connectivity index (χ4v) is 2.39. The topological polar surface area (TPSA) is 93.5 Å². The second kappa shape index (κ2) is 11.5. The summed E-state index contributed by atoms with van der Waals surface area (Å²) in [7, 11) is 0. The van der Waals surface area contributed by atoms with Crippen LogP contribution in [0, 0.1) is 5.92 Å². The van der Waals surface area contributed by atoms with Gasteiger partial charge in [0.1, 0.15) is 12.4 Å². The highest BCUT2D eigenvalue weighted by molar-refractivity contribution is 6.31. The Morgan fingerprint density at radius 1 is 1.11 bits per heavy atom. The highest BCUT2D eigenvalue weighted by atomic mass is 35.5. The summed E-state index contributed by atoms with van der Waals surface area (Å²) in [6, 6.07) is 13.8. The standard InChI is InChI=1S/C20H24ClN3O3.ClH/c1-13(2)19(22)20(26)23-11-18(25)24-15-7-9-16(10-8-15)27-12-14-5-3-4-6-17(14)21;/h3-10,13,19H,11-12,22H2,1-2H3,(H,23,26)(H,24,25);1H/t19-;/m0./s1. The van der Waals surface area contributed by atoms with Crippen LogP contribution in [0.2, 0.25) is 5.02 Å². The quantitative estimate of drug-likeness (QED) is 0.603. The van der Waals surface area contributed by atoms with Crippen molar-refractivity contribution in [2.45, 2.75) is 26.5 Å². The number of ether oxygens (including phenoxy) is 1. The smallest absolute Gasteiger partial charge is 0.243 e. The number of hydrogen-bond acceptors (Lipinski definition) is 4. The Morgan fingerprint density at radius 2 is 1.75 bits per heavy atom. The second-order valence-electron chi connectivity index (χ2n) is 6.44. The molecule has 0 bridgehead atoms. The minimum atomic E-state index is -0.632. The number of rotatable bonds is 8. The summed E-state index contributed by atoms with van der Waals surface area (Å²) in [5, 5.41) is 5.88. The summed E-state index contributed by atoms with van der Waals surface area (Å²) in [6.45, 7) is 3.91. The normalized spacial score (nSPS) is 11.3. The Morgan fingerprint density at radius 3 is 2.36 bits per heavy atom. The van der Waals surface area contributed by atoms with Crippen LogP contribution in [0.5, 0.6) is 5.75 Å². The molecular weight excluding hydrogens is 401 g/mol. The fourth-order valence-electron chi connectivity index (χ4n) is 2.20. The van der Waals surface area contributed by atoms with E-state index >= 15 is 0 Å². The number of halogens is 2. The summed E-state index contributed by atoms with van der Waals surface area (Å²) in [5.41, 5.74) is 7.23. The molecular formula is C20H25Cl2N3O3. The van der Waals surface area contributed by atoms with Gasteiger partial charge in [0.25, 0.3) is 0 Å². The zero-order chi connectivity index (χ0) is 19.8. The molecule has 8 heteroatoms. The van der Waals surface area contributed by atoms with Crippen molar-refractivity contribution in [1.29, 1.82) is 0 Å². The van der Waals surface area contributed by atoms with Crippen LogP contribution >= 0.6 is 24.0 Å². The predicted octanol–water partition coefficient (Wildman–Crippen LogP) is 3.38. The van der Waals surface area contributed by atoms with E-state index in [9.17, 15) is 9.59 Å².